The first-order valence-electron chi connectivity index (χ1n) is 5.21. The fraction of sp³-hybridized carbons (Fsp3) is 0.417. The van der Waals surface area contributed by atoms with Crippen LogP contribution in [0.4, 0.5) is 8.78 Å². The molecule has 2 atom stereocenters. The van der Waals surface area contributed by atoms with Crippen LogP contribution >= 0.6 is 0 Å². The minimum Gasteiger partial charge on any atom is -0.481 e. The van der Waals surface area contributed by atoms with Gasteiger partial charge in [-0.1, -0.05) is 19.9 Å². The fourth-order valence-corrected chi connectivity index (χ4v) is 1.76. The van der Waals surface area contributed by atoms with Crippen LogP contribution in [-0.2, 0) is 4.79 Å². The second-order valence-corrected chi connectivity index (χ2v) is 4.19. The minimum absolute atomic E-state index is 0.443. The Kier molecular flexibility index (Phi) is 4.17. The fourth-order valence-electron chi connectivity index (χ4n) is 1.76. The third-order valence-electron chi connectivity index (χ3n) is 2.64. The van der Waals surface area contributed by atoms with Crippen molar-refractivity contribution in [1.82, 2.24) is 0 Å². The first-order valence-corrected chi connectivity index (χ1v) is 5.21. The molecule has 0 heterocycles. The lowest BCUT2D eigenvalue weighted by Gasteiger charge is -2.23. The Hall–Kier alpha value is -1.49. The molecular formula is C12H14F2O3. The summed E-state index contributed by atoms with van der Waals surface area (Å²) < 4.78 is 26.8. The van der Waals surface area contributed by atoms with Crippen LogP contribution in [0.1, 0.15) is 25.5 Å². The van der Waals surface area contributed by atoms with Gasteiger partial charge in [0.05, 0.1) is 17.6 Å². The number of carboxylic acids is 1. The molecule has 3 nitrogen and oxygen atoms in total. The second kappa shape index (κ2) is 5.23. The van der Waals surface area contributed by atoms with E-state index in [1.165, 1.54) is 0 Å². The molecule has 5 heteroatoms. The molecule has 2 unspecified atom stereocenters. The maximum absolute atomic E-state index is 13.4. The normalized spacial score (nSPS) is 14.7. The van der Waals surface area contributed by atoms with Crippen LogP contribution in [0.3, 0.4) is 0 Å². The number of hydrogen-bond donors (Lipinski definition) is 2. The van der Waals surface area contributed by atoms with Crippen molar-refractivity contribution >= 4 is 5.97 Å². The lowest BCUT2D eigenvalue weighted by atomic mass is 9.86. The van der Waals surface area contributed by atoms with Gasteiger partial charge in [-0.25, -0.2) is 8.78 Å². The molecular weight excluding hydrogens is 230 g/mol. The highest BCUT2D eigenvalue weighted by Crippen LogP contribution is 2.31. The molecule has 0 aromatic heterocycles. The van der Waals surface area contributed by atoms with Gasteiger partial charge in [-0.3, -0.25) is 4.79 Å². The Morgan fingerprint density at radius 2 is 1.71 bits per heavy atom. The third-order valence-corrected chi connectivity index (χ3v) is 2.64. The molecule has 1 aromatic rings. The van der Waals surface area contributed by atoms with Crippen molar-refractivity contribution in [2.24, 2.45) is 11.8 Å². The van der Waals surface area contributed by atoms with Crippen LogP contribution < -0.4 is 0 Å². The topological polar surface area (TPSA) is 57.5 Å². The van der Waals surface area contributed by atoms with Crippen LogP contribution in [0, 0.1) is 23.5 Å². The quantitative estimate of drug-likeness (QED) is 0.854. The number of rotatable bonds is 4. The van der Waals surface area contributed by atoms with Crippen LogP contribution in [0.2, 0.25) is 0 Å². The number of carbonyl (C=O) groups is 1. The molecule has 0 radical (unpaired) electrons. The Morgan fingerprint density at radius 3 is 2.06 bits per heavy atom. The van der Waals surface area contributed by atoms with E-state index in [1.54, 1.807) is 13.8 Å². The number of carboxylic acid groups (broad SMARTS) is 1. The van der Waals surface area contributed by atoms with Gasteiger partial charge < -0.3 is 10.2 Å². The maximum atomic E-state index is 13.4. The molecule has 0 saturated carbocycles. The predicted molar refractivity (Wildman–Crippen MR) is 57.3 cm³/mol. The van der Waals surface area contributed by atoms with E-state index in [2.05, 4.69) is 0 Å². The first kappa shape index (κ1) is 13.6. The molecule has 17 heavy (non-hydrogen) atoms. The summed E-state index contributed by atoms with van der Waals surface area (Å²) in [5.41, 5.74) is -0.589. The van der Waals surface area contributed by atoms with Gasteiger partial charge in [0.2, 0.25) is 0 Å². The zero-order valence-corrected chi connectivity index (χ0v) is 9.52. The van der Waals surface area contributed by atoms with E-state index in [4.69, 9.17) is 5.11 Å². The van der Waals surface area contributed by atoms with E-state index in [9.17, 15) is 18.7 Å². The van der Waals surface area contributed by atoms with Crippen LogP contribution in [0.15, 0.2) is 18.2 Å². The average molecular weight is 244 g/mol. The van der Waals surface area contributed by atoms with Crippen molar-refractivity contribution in [3.63, 3.8) is 0 Å². The molecule has 0 fully saturated rings. The molecule has 0 aliphatic rings. The Morgan fingerprint density at radius 1 is 1.24 bits per heavy atom. The Bertz CT molecular complexity index is 398. The summed E-state index contributed by atoms with van der Waals surface area (Å²) in [4.78, 5) is 11.0. The Labute approximate surface area is 97.7 Å². The van der Waals surface area contributed by atoms with Crippen molar-refractivity contribution in [3.05, 3.63) is 35.4 Å². The summed E-state index contributed by atoms with van der Waals surface area (Å²) in [6.07, 6.45) is -1.70. The molecule has 1 aromatic carbocycles. The molecule has 2 N–H and O–H groups in total. The lowest BCUT2D eigenvalue weighted by Crippen LogP contribution is -2.28. The standard InChI is InChI=1S/C12H14F2O3/c1-6(2)9(12(16)17)11(15)10-7(13)4-3-5-8(10)14/h3-6,9,11,15H,1-2H3,(H,16,17). The summed E-state index contributed by atoms with van der Waals surface area (Å²) in [5.74, 6) is -4.85. The molecule has 94 valence electrons. The van der Waals surface area contributed by atoms with Gasteiger partial charge in [0, 0.05) is 0 Å². The summed E-state index contributed by atoms with van der Waals surface area (Å²) >= 11 is 0. The Balaban J connectivity index is 3.18. The predicted octanol–water partition coefficient (Wildman–Crippen LogP) is 2.36. The van der Waals surface area contributed by atoms with E-state index < -0.39 is 41.1 Å². The van der Waals surface area contributed by atoms with Gasteiger partial charge in [0.25, 0.3) is 0 Å². The molecule has 0 bridgehead atoms. The van der Waals surface area contributed by atoms with Gasteiger partial charge in [-0.2, -0.15) is 0 Å². The SMILES string of the molecule is CC(C)C(C(=O)O)C(O)c1c(F)cccc1F. The molecule has 0 spiro atoms. The van der Waals surface area contributed by atoms with Gasteiger partial charge in [-0.05, 0) is 18.1 Å². The van der Waals surface area contributed by atoms with Crippen molar-refractivity contribution in [3.8, 4) is 0 Å². The van der Waals surface area contributed by atoms with Gasteiger partial charge in [0.15, 0.2) is 0 Å². The largest absolute Gasteiger partial charge is 0.481 e. The third kappa shape index (κ3) is 2.79. The molecule has 0 saturated heterocycles. The van der Waals surface area contributed by atoms with Gasteiger partial charge in [-0.15, -0.1) is 0 Å². The van der Waals surface area contributed by atoms with E-state index in [-0.39, 0.29) is 0 Å². The molecule has 1 rings (SSSR count). The summed E-state index contributed by atoms with van der Waals surface area (Å²) in [6, 6.07) is 3.13. The summed E-state index contributed by atoms with van der Waals surface area (Å²) in [7, 11) is 0. The highest BCUT2D eigenvalue weighted by Gasteiger charge is 2.33. The molecule has 0 amide bonds. The summed E-state index contributed by atoms with van der Waals surface area (Å²) in [6.45, 7) is 3.14. The highest BCUT2D eigenvalue weighted by atomic mass is 19.1. The smallest absolute Gasteiger partial charge is 0.309 e. The van der Waals surface area contributed by atoms with Crippen molar-refractivity contribution in [1.29, 1.82) is 0 Å². The van der Waals surface area contributed by atoms with E-state index in [0.717, 1.165) is 18.2 Å². The van der Waals surface area contributed by atoms with Crippen molar-refractivity contribution in [2.75, 3.05) is 0 Å². The minimum atomic E-state index is -1.70. The second-order valence-electron chi connectivity index (χ2n) is 4.19. The average Bonchev–Trinajstić information content (AvgIpc) is 2.15. The highest BCUT2D eigenvalue weighted by molar-refractivity contribution is 5.71. The van der Waals surface area contributed by atoms with Crippen LogP contribution in [0.5, 0.6) is 0 Å². The lowest BCUT2D eigenvalue weighted by molar-refractivity contribution is -0.148. The van der Waals surface area contributed by atoms with Crippen LogP contribution in [0.25, 0.3) is 0 Å². The van der Waals surface area contributed by atoms with E-state index in [0.29, 0.717) is 0 Å². The zero-order valence-electron chi connectivity index (χ0n) is 9.52. The van der Waals surface area contributed by atoms with Gasteiger partial charge >= 0.3 is 5.97 Å². The zero-order chi connectivity index (χ0) is 13.2. The molecule has 0 aliphatic heterocycles. The van der Waals surface area contributed by atoms with Gasteiger partial charge in [0.1, 0.15) is 11.6 Å². The van der Waals surface area contributed by atoms with Crippen molar-refractivity contribution in [2.45, 2.75) is 20.0 Å². The number of hydrogen-bond acceptors (Lipinski definition) is 2. The van der Waals surface area contributed by atoms with Crippen molar-refractivity contribution < 1.29 is 23.8 Å². The number of halogens is 2. The number of aliphatic hydroxyl groups is 1. The van der Waals surface area contributed by atoms with Crippen LogP contribution in [-0.4, -0.2) is 16.2 Å². The number of benzene rings is 1. The van der Waals surface area contributed by atoms with E-state index in [1.807, 2.05) is 0 Å². The first-order chi connectivity index (χ1) is 7.86. The summed E-state index contributed by atoms with van der Waals surface area (Å²) in [5, 5.41) is 18.8. The maximum Gasteiger partial charge on any atom is 0.309 e. The molecule has 0 aliphatic carbocycles. The number of aliphatic carboxylic acids is 1. The monoisotopic (exact) mass is 244 g/mol. The number of aliphatic hydroxyl groups excluding tert-OH is 1. The van der Waals surface area contributed by atoms with E-state index >= 15 is 0 Å².